The van der Waals surface area contributed by atoms with Crippen LogP contribution in [0.2, 0.25) is 0 Å². The molecular formula is C43H25N5O2. The van der Waals surface area contributed by atoms with Crippen LogP contribution in [-0.2, 0) is 0 Å². The van der Waals surface area contributed by atoms with Crippen LogP contribution in [0.4, 0.5) is 0 Å². The molecule has 6 aromatic carbocycles. The molecule has 0 atom stereocenters. The van der Waals surface area contributed by atoms with Crippen LogP contribution in [0.1, 0.15) is 0 Å². The van der Waals surface area contributed by atoms with Crippen molar-refractivity contribution in [3.63, 3.8) is 0 Å². The van der Waals surface area contributed by atoms with Crippen LogP contribution in [0.5, 0.6) is 0 Å². The highest BCUT2D eigenvalue weighted by Gasteiger charge is 2.20. The minimum Gasteiger partial charge on any atom is -0.456 e. The topological polar surface area (TPSA) is 90.7 Å². The molecule has 0 N–H and O–H groups in total. The molecule has 234 valence electrons. The number of hydrogen-bond acceptors (Lipinski definition) is 7. The predicted octanol–water partition coefficient (Wildman–Crippen LogP) is 10.8. The predicted molar refractivity (Wildman–Crippen MR) is 197 cm³/mol. The molecule has 0 spiro atoms. The lowest BCUT2D eigenvalue weighted by molar-refractivity contribution is 0.666. The van der Waals surface area contributed by atoms with Gasteiger partial charge in [0.05, 0.1) is 0 Å². The molecule has 0 radical (unpaired) electrons. The molecule has 0 saturated heterocycles. The molecule has 7 heteroatoms. The molecule has 0 aliphatic heterocycles. The number of rotatable bonds is 5. The number of fused-ring (bicyclic) bond motifs is 6. The summed E-state index contributed by atoms with van der Waals surface area (Å²) in [4.78, 5) is 24.7. The summed E-state index contributed by atoms with van der Waals surface area (Å²) in [5.41, 5.74) is 8.93. The van der Waals surface area contributed by atoms with Gasteiger partial charge in [-0.05, 0) is 42.5 Å². The first-order chi connectivity index (χ1) is 24.7. The van der Waals surface area contributed by atoms with Crippen molar-refractivity contribution >= 4 is 44.0 Å². The van der Waals surface area contributed by atoms with Gasteiger partial charge in [-0.15, -0.1) is 0 Å². The molecule has 50 heavy (non-hydrogen) atoms. The lowest BCUT2D eigenvalue weighted by Gasteiger charge is -2.08. The number of benzene rings is 6. The van der Waals surface area contributed by atoms with Gasteiger partial charge < -0.3 is 8.83 Å². The third-order valence-electron chi connectivity index (χ3n) is 8.95. The van der Waals surface area contributed by atoms with E-state index in [0.717, 1.165) is 66.2 Å². The van der Waals surface area contributed by atoms with Crippen LogP contribution in [0.25, 0.3) is 101 Å². The zero-order chi connectivity index (χ0) is 33.0. The zero-order valence-corrected chi connectivity index (χ0v) is 26.5. The summed E-state index contributed by atoms with van der Waals surface area (Å²) in [5, 5.41) is 2.89. The average Bonchev–Trinajstić information content (AvgIpc) is 3.76. The normalized spacial score (nSPS) is 11.6. The first-order valence-corrected chi connectivity index (χ1v) is 16.3. The van der Waals surface area contributed by atoms with Crippen molar-refractivity contribution in [2.45, 2.75) is 0 Å². The molecule has 0 amide bonds. The Hall–Kier alpha value is -6.99. The summed E-state index contributed by atoms with van der Waals surface area (Å²) in [6, 6.07) is 50.2. The Labute approximate surface area is 285 Å². The Balaban J connectivity index is 1.12. The van der Waals surface area contributed by atoms with Crippen LogP contribution < -0.4 is 0 Å². The number of hydrogen-bond donors (Lipinski definition) is 0. The zero-order valence-electron chi connectivity index (χ0n) is 26.5. The van der Waals surface area contributed by atoms with Gasteiger partial charge >= 0.3 is 0 Å². The van der Waals surface area contributed by atoms with E-state index in [1.165, 1.54) is 0 Å². The van der Waals surface area contributed by atoms with Gasteiger partial charge in [0.2, 0.25) is 0 Å². The van der Waals surface area contributed by atoms with E-state index in [2.05, 4.69) is 18.2 Å². The van der Waals surface area contributed by atoms with E-state index >= 15 is 0 Å². The van der Waals surface area contributed by atoms with Gasteiger partial charge in [0, 0.05) is 44.0 Å². The molecule has 0 fully saturated rings. The van der Waals surface area contributed by atoms with E-state index in [1.54, 1.807) is 0 Å². The van der Waals surface area contributed by atoms with Crippen molar-refractivity contribution < 1.29 is 8.83 Å². The van der Waals surface area contributed by atoms with Crippen LogP contribution in [0.15, 0.2) is 160 Å². The van der Waals surface area contributed by atoms with Crippen molar-refractivity contribution in [1.29, 1.82) is 0 Å². The summed E-state index contributed by atoms with van der Waals surface area (Å²) >= 11 is 0. The van der Waals surface area contributed by atoms with Crippen LogP contribution in [0.3, 0.4) is 0 Å². The summed E-state index contributed by atoms with van der Waals surface area (Å²) in [6.45, 7) is 0. The van der Waals surface area contributed by atoms with Crippen molar-refractivity contribution in [2.75, 3.05) is 0 Å². The fraction of sp³-hybridized carbons (Fsp3) is 0. The molecule has 0 aliphatic carbocycles. The average molecular weight is 644 g/mol. The molecule has 4 aromatic heterocycles. The second-order valence-corrected chi connectivity index (χ2v) is 12.1. The minimum atomic E-state index is 0.590. The van der Waals surface area contributed by atoms with Gasteiger partial charge in [0.1, 0.15) is 28.0 Å². The number of aromatic nitrogens is 5. The highest BCUT2D eigenvalue weighted by atomic mass is 16.3. The molecule has 0 aliphatic rings. The van der Waals surface area contributed by atoms with Gasteiger partial charge in [-0.1, -0.05) is 109 Å². The van der Waals surface area contributed by atoms with Crippen molar-refractivity contribution in [2.24, 2.45) is 0 Å². The number of para-hydroxylation sites is 1. The van der Waals surface area contributed by atoms with E-state index in [1.807, 2.05) is 133 Å². The van der Waals surface area contributed by atoms with E-state index in [-0.39, 0.29) is 0 Å². The fourth-order valence-corrected chi connectivity index (χ4v) is 6.50. The van der Waals surface area contributed by atoms with Crippen LogP contribution in [-0.4, -0.2) is 24.9 Å². The number of furan rings is 2. The summed E-state index contributed by atoms with van der Waals surface area (Å²) in [5.74, 6) is 2.46. The largest absolute Gasteiger partial charge is 0.456 e. The third kappa shape index (κ3) is 4.71. The Morgan fingerprint density at radius 2 is 0.860 bits per heavy atom. The van der Waals surface area contributed by atoms with Gasteiger partial charge in [-0.25, -0.2) is 24.9 Å². The molecule has 0 bridgehead atoms. The first-order valence-electron chi connectivity index (χ1n) is 16.3. The monoisotopic (exact) mass is 643 g/mol. The van der Waals surface area contributed by atoms with E-state index < -0.39 is 0 Å². The smallest absolute Gasteiger partial charge is 0.180 e. The Morgan fingerprint density at radius 3 is 1.52 bits per heavy atom. The maximum Gasteiger partial charge on any atom is 0.180 e. The second-order valence-electron chi connectivity index (χ2n) is 12.1. The molecule has 4 heterocycles. The summed E-state index contributed by atoms with van der Waals surface area (Å²) < 4.78 is 12.8. The van der Waals surface area contributed by atoms with Crippen LogP contribution >= 0.6 is 0 Å². The quantitative estimate of drug-likeness (QED) is 0.184. The number of nitrogens with zero attached hydrogens (tertiary/aromatic N) is 5. The maximum absolute atomic E-state index is 6.45. The molecule has 10 rings (SSSR count). The molecule has 0 unspecified atom stereocenters. The fourth-order valence-electron chi connectivity index (χ4n) is 6.50. The summed E-state index contributed by atoms with van der Waals surface area (Å²) in [6.07, 6.45) is 0. The second kappa shape index (κ2) is 11.3. The van der Waals surface area contributed by atoms with E-state index in [4.69, 9.17) is 33.8 Å². The molecular weight excluding hydrogens is 619 g/mol. The molecule has 0 saturated carbocycles. The Kier molecular flexibility index (Phi) is 6.35. The van der Waals surface area contributed by atoms with E-state index in [0.29, 0.717) is 34.6 Å². The Morgan fingerprint density at radius 1 is 0.320 bits per heavy atom. The van der Waals surface area contributed by atoms with Gasteiger partial charge in [0.25, 0.3) is 0 Å². The summed E-state index contributed by atoms with van der Waals surface area (Å²) in [7, 11) is 0. The third-order valence-corrected chi connectivity index (χ3v) is 8.95. The lowest BCUT2D eigenvalue weighted by Crippen LogP contribution is -2.00. The van der Waals surface area contributed by atoms with Crippen molar-refractivity contribution in [1.82, 2.24) is 24.9 Å². The lowest BCUT2D eigenvalue weighted by atomic mass is 10.0. The molecule has 7 nitrogen and oxygen atoms in total. The van der Waals surface area contributed by atoms with Gasteiger partial charge in [-0.2, -0.15) is 0 Å². The van der Waals surface area contributed by atoms with Crippen molar-refractivity contribution in [3.8, 4) is 56.8 Å². The SMILES string of the molecule is c1ccc(-c2nc(-c3ccccc3)nc(-c3ccc4oc5cc(-c6nc(-c7ccccc7)nc7c6oc6ccccc67)ccc5c4c3)n2)cc1. The first kappa shape index (κ1) is 28.1. The Bertz CT molecular complexity index is 2810. The van der Waals surface area contributed by atoms with Crippen molar-refractivity contribution in [3.05, 3.63) is 152 Å². The highest BCUT2D eigenvalue weighted by molar-refractivity contribution is 6.10. The maximum atomic E-state index is 6.45. The van der Waals surface area contributed by atoms with Crippen LogP contribution in [0, 0.1) is 0 Å². The standard InChI is InChI=1S/C43H25N5O2/c1-4-12-26(13-5-1)40-44-37(39-38(45-40)32-18-10-11-19-34(32)50-39)29-20-22-31-33-24-30(21-23-35(33)49-36(31)25-29)43-47-41(27-14-6-2-7-15-27)46-42(48-43)28-16-8-3-9-17-28/h1-25H. The molecule has 10 aromatic rings. The van der Waals surface area contributed by atoms with Gasteiger partial charge in [0.15, 0.2) is 28.9 Å². The van der Waals surface area contributed by atoms with Gasteiger partial charge in [-0.3, -0.25) is 0 Å². The highest BCUT2D eigenvalue weighted by Crippen LogP contribution is 2.39. The van der Waals surface area contributed by atoms with E-state index in [9.17, 15) is 0 Å². The minimum absolute atomic E-state index is 0.590.